The summed E-state index contributed by atoms with van der Waals surface area (Å²) >= 11 is 0.831. The van der Waals surface area contributed by atoms with Crippen LogP contribution in [0.1, 0.15) is 31.7 Å². The maximum absolute atomic E-state index is 13.7. The van der Waals surface area contributed by atoms with Crippen LogP contribution in [0.4, 0.5) is 13.2 Å². The van der Waals surface area contributed by atoms with E-state index in [1.165, 1.54) is 4.90 Å². The van der Waals surface area contributed by atoms with Crippen LogP contribution in [0.25, 0.3) is 10.2 Å². The fourth-order valence-electron chi connectivity index (χ4n) is 2.16. The van der Waals surface area contributed by atoms with Crippen LogP contribution in [0, 0.1) is 17.5 Å². The topological polar surface area (TPSA) is 70.5 Å². The molecule has 1 heterocycles. The number of halogens is 3. The number of rotatable bonds is 6. The number of aliphatic carboxylic acids is 1. The zero-order valence-corrected chi connectivity index (χ0v) is 13.8. The summed E-state index contributed by atoms with van der Waals surface area (Å²) in [5.41, 5.74) is -0.408. The molecule has 0 aliphatic carbocycles. The number of nitrogens with zero attached hydrogens (tertiary/aromatic N) is 2. The molecular formula is C15H15F3N2O3S. The Labute approximate surface area is 139 Å². The summed E-state index contributed by atoms with van der Waals surface area (Å²) < 4.78 is 40.6. The number of amides is 1. The van der Waals surface area contributed by atoms with Gasteiger partial charge in [0.25, 0.3) is 0 Å². The van der Waals surface area contributed by atoms with Gasteiger partial charge >= 0.3 is 5.97 Å². The van der Waals surface area contributed by atoms with Crippen molar-refractivity contribution >= 4 is 33.4 Å². The van der Waals surface area contributed by atoms with Crippen LogP contribution in [0.15, 0.2) is 6.07 Å². The van der Waals surface area contributed by atoms with Gasteiger partial charge in [0.05, 0.1) is 17.7 Å². The molecule has 0 aliphatic heterocycles. The number of hydrogen-bond donors (Lipinski definition) is 1. The van der Waals surface area contributed by atoms with Crippen LogP contribution in [-0.4, -0.2) is 32.9 Å². The van der Waals surface area contributed by atoms with E-state index >= 15 is 0 Å². The van der Waals surface area contributed by atoms with Crippen molar-refractivity contribution in [3.63, 3.8) is 0 Å². The molecule has 0 aliphatic rings. The highest BCUT2D eigenvalue weighted by molar-refractivity contribution is 7.18. The summed E-state index contributed by atoms with van der Waals surface area (Å²) in [7, 11) is 0. The van der Waals surface area contributed by atoms with E-state index in [1.54, 1.807) is 13.8 Å². The van der Waals surface area contributed by atoms with Gasteiger partial charge in [-0.1, -0.05) is 0 Å². The van der Waals surface area contributed by atoms with E-state index in [9.17, 15) is 22.8 Å². The van der Waals surface area contributed by atoms with Gasteiger partial charge in [0.1, 0.15) is 16.3 Å². The van der Waals surface area contributed by atoms with Gasteiger partial charge in [0.2, 0.25) is 5.91 Å². The molecule has 9 heteroatoms. The predicted octanol–water partition coefficient (Wildman–Crippen LogP) is 3.32. The maximum atomic E-state index is 13.7. The summed E-state index contributed by atoms with van der Waals surface area (Å²) in [6.07, 6.45) is -0.494. The molecule has 0 saturated carbocycles. The van der Waals surface area contributed by atoms with E-state index in [0.29, 0.717) is 6.07 Å². The third kappa shape index (κ3) is 3.84. The van der Waals surface area contributed by atoms with E-state index in [-0.39, 0.29) is 35.1 Å². The van der Waals surface area contributed by atoms with Crippen LogP contribution in [0.5, 0.6) is 0 Å². The lowest BCUT2D eigenvalue weighted by Gasteiger charge is -2.25. The molecule has 0 saturated heterocycles. The lowest BCUT2D eigenvalue weighted by atomic mass is 10.2. The van der Waals surface area contributed by atoms with Crippen molar-refractivity contribution in [3.8, 4) is 0 Å². The molecule has 1 aromatic carbocycles. The number of fused-ring (bicyclic) bond motifs is 1. The van der Waals surface area contributed by atoms with Crippen LogP contribution in [0.2, 0.25) is 0 Å². The second-order valence-corrected chi connectivity index (χ2v) is 6.53. The van der Waals surface area contributed by atoms with Crippen molar-refractivity contribution in [2.45, 2.75) is 39.3 Å². The van der Waals surface area contributed by atoms with Gasteiger partial charge in [-0.05, 0) is 13.8 Å². The SMILES string of the molecule is CC(C)N(Cc1nc2c(F)c(F)cc(F)c2s1)C(=O)CCC(=O)O. The van der Waals surface area contributed by atoms with Gasteiger partial charge in [0, 0.05) is 18.5 Å². The number of carbonyl (C=O) groups excluding carboxylic acids is 1. The zero-order chi connectivity index (χ0) is 18.0. The second kappa shape index (κ2) is 7.16. The van der Waals surface area contributed by atoms with Crippen molar-refractivity contribution in [2.24, 2.45) is 0 Å². The van der Waals surface area contributed by atoms with Crippen molar-refractivity contribution < 1.29 is 27.9 Å². The lowest BCUT2D eigenvalue weighted by molar-refractivity contribution is -0.141. The van der Waals surface area contributed by atoms with Crippen LogP contribution >= 0.6 is 11.3 Å². The van der Waals surface area contributed by atoms with Crippen LogP contribution in [0.3, 0.4) is 0 Å². The second-order valence-electron chi connectivity index (χ2n) is 5.45. The Bertz CT molecular complexity index is 792. The quantitative estimate of drug-likeness (QED) is 0.803. The minimum atomic E-state index is -1.32. The molecule has 0 atom stereocenters. The maximum Gasteiger partial charge on any atom is 0.303 e. The van der Waals surface area contributed by atoms with Crippen molar-refractivity contribution in [3.05, 3.63) is 28.5 Å². The fourth-order valence-corrected chi connectivity index (χ4v) is 3.12. The minimum Gasteiger partial charge on any atom is -0.481 e. The number of thiazole rings is 1. The Morgan fingerprint density at radius 2 is 1.92 bits per heavy atom. The summed E-state index contributed by atoms with van der Waals surface area (Å²) in [6.45, 7) is 3.43. The van der Waals surface area contributed by atoms with Crippen molar-refractivity contribution in [2.75, 3.05) is 0 Å². The molecule has 0 spiro atoms. The number of hydrogen-bond acceptors (Lipinski definition) is 4. The summed E-state index contributed by atoms with van der Waals surface area (Å²) in [6, 6.07) is 0.197. The molecule has 2 aromatic rings. The van der Waals surface area contributed by atoms with E-state index in [1.807, 2.05) is 0 Å². The van der Waals surface area contributed by atoms with Gasteiger partial charge in [-0.25, -0.2) is 18.2 Å². The third-order valence-corrected chi connectivity index (χ3v) is 4.41. The Balaban J connectivity index is 2.28. The highest BCUT2D eigenvalue weighted by atomic mass is 32.1. The predicted molar refractivity (Wildman–Crippen MR) is 82.0 cm³/mol. The molecule has 24 heavy (non-hydrogen) atoms. The highest BCUT2D eigenvalue weighted by Gasteiger charge is 2.22. The van der Waals surface area contributed by atoms with Gasteiger partial charge in [-0.3, -0.25) is 9.59 Å². The molecule has 1 amide bonds. The third-order valence-electron chi connectivity index (χ3n) is 3.36. The molecule has 1 aromatic heterocycles. The Morgan fingerprint density at radius 1 is 1.25 bits per heavy atom. The Hall–Kier alpha value is -2.16. The Morgan fingerprint density at radius 3 is 2.50 bits per heavy atom. The van der Waals surface area contributed by atoms with Crippen LogP contribution in [-0.2, 0) is 16.1 Å². The zero-order valence-electron chi connectivity index (χ0n) is 13.0. The smallest absolute Gasteiger partial charge is 0.303 e. The first-order valence-corrected chi connectivity index (χ1v) is 7.96. The van der Waals surface area contributed by atoms with Gasteiger partial charge in [-0.2, -0.15) is 0 Å². The van der Waals surface area contributed by atoms with E-state index in [2.05, 4.69) is 4.98 Å². The largest absolute Gasteiger partial charge is 0.481 e. The molecule has 1 N–H and O–H groups in total. The fraction of sp³-hybridized carbons (Fsp3) is 0.400. The van der Waals surface area contributed by atoms with Crippen molar-refractivity contribution in [1.82, 2.24) is 9.88 Å². The van der Waals surface area contributed by atoms with Crippen molar-refractivity contribution in [1.29, 1.82) is 0 Å². The molecular weight excluding hydrogens is 345 g/mol. The molecule has 130 valence electrons. The van der Waals surface area contributed by atoms with Gasteiger partial charge in [-0.15, -0.1) is 11.3 Å². The number of benzene rings is 1. The summed E-state index contributed by atoms with van der Waals surface area (Å²) in [5.74, 6) is -4.97. The average Bonchev–Trinajstić information content (AvgIpc) is 2.92. The number of carboxylic acid groups (broad SMARTS) is 1. The van der Waals surface area contributed by atoms with E-state index in [0.717, 1.165) is 11.3 Å². The summed E-state index contributed by atoms with van der Waals surface area (Å²) in [4.78, 5) is 28.0. The van der Waals surface area contributed by atoms with Gasteiger partial charge in [0.15, 0.2) is 11.6 Å². The lowest BCUT2D eigenvalue weighted by Crippen LogP contribution is -2.36. The highest BCUT2D eigenvalue weighted by Crippen LogP contribution is 2.29. The molecule has 0 bridgehead atoms. The molecule has 0 radical (unpaired) electrons. The normalized spacial score (nSPS) is 11.2. The number of carbonyl (C=O) groups is 2. The molecule has 0 unspecified atom stereocenters. The van der Waals surface area contributed by atoms with Gasteiger partial charge < -0.3 is 10.0 Å². The van der Waals surface area contributed by atoms with E-state index in [4.69, 9.17) is 5.11 Å². The summed E-state index contributed by atoms with van der Waals surface area (Å²) in [5, 5.41) is 8.90. The first-order chi connectivity index (χ1) is 11.2. The van der Waals surface area contributed by atoms with Crippen LogP contribution < -0.4 is 0 Å². The average molecular weight is 360 g/mol. The molecule has 5 nitrogen and oxygen atoms in total. The molecule has 2 rings (SSSR count). The monoisotopic (exact) mass is 360 g/mol. The Kier molecular flexibility index (Phi) is 5.43. The minimum absolute atomic E-state index is 0.0318. The molecule has 0 fully saturated rings. The number of carboxylic acids is 1. The standard InChI is InChI=1S/C15H15F3N2O3S/c1-7(2)20(11(21)3-4-12(22)23)6-10-19-14-13(18)8(16)5-9(17)15(14)24-10/h5,7H,3-4,6H2,1-2H3,(H,22,23). The number of aromatic nitrogens is 1. The van der Waals surface area contributed by atoms with E-state index < -0.39 is 34.8 Å². The first-order valence-electron chi connectivity index (χ1n) is 7.15. The first kappa shape index (κ1) is 18.2.